The normalized spacial score (nSPS) is 14.2. The van der Waals surface area contributed by atoms with E-state index in [0.29, 0.717) is 43.3 Å². The topological polar surface area (TPSA) is 94.8 Å². The van der Waals surface area contributed by atoms with E-state index >= 15 is 0 Å². The molecule has 1 aliphatic heterocycles. The van der Waals surface area contributed by atoms with Gasteiger partial charge in [-0.3, -0.25) is 9.69 Å². The summed E-state index contributed by atoms with van der Waals surface area (Å²) < 4.78 is 18.0. The fourth-order valence-electron chi connectivity index (χ4n) is 4.02. The summed E-state index contributed by atoms with van der Waals surface area (Å²) >= 11 is 0. The lowest BCUT2D eigenvalue weighted by molar-refractivity contribution is -0.132. The van der Waals surface area contributed by atoms with Crippen LogP contribution in [0.3, 0.4) is 0 Å². The summed E-state index contributed by atoms with van der Waals surface area (Å²) in [6, 6.07) is 11.6. The van der Waals surface area contributed by atoms with Crippen LogP contribution in [0.2, 0.25) is 0 Å². The maximum absolute atomic E-state index is 12.8. The van der Waals surface area contributed by atoms with E-state index in [1.165, 1.54) is 6.33 Å². The first-order valence-corrected chi connectivity index (χ1v) is 10.7. The summed E-state index contributed by atoms with van der Waals surface area (Å²) in [6.45, 7) is 3.68. The third-order valence-corrected chi connectivity index (χ3v) is 5.81. The average Bonchev–Trinajstić information content (AvgIpc) is 3.39. The lowest BCUT2D eigenvalue weighted by Crippen LogP contribution is -2.48. The minimum absolute atomic E-state index is 0.133. The highest BCUT2D eigenvalue weighted by atomic mass is 16.5. The second kappa shape index (κ2) is 10.3. The number of ether oxygens (including phenoxy) is 3. The summed E-state index contributed by atoms with van der Waals surface area (Å²) in [6.07, 6.45) is 1.91. The number of aromatic nitrogens is 4. The molecule has 0 N–H and O–H groups in total. The molecule has 0 unspecified atom stereocenters. The Balaban J connectivity index is 1.32. The molecule has 174 valence electrons. The fourth-order valence-corrected chi connectivity index (χ4v) is 4.02. The van der Waals surface area contributed by atoms with Crippen LogP contribution < -0.4 is 14.2 Å². The van der Waals surface area contributed by atoms with Crippen LogP contribution in [-0.2, 0) is 17.8 Å². The molecule has 1 saturated heterocycles. The zero-order chi connectivity index (χ0) is 23.2. The Hall–Kier alpha value is -3.66. The Kier molecular flexibility index (Phi) is 7.04. The Bertz CT molecular complexity index is 1060. The first-order valence-electron chi connectivity index (χ1n) is 10.7. The van der Waals surface area contributed by atoms with Gasteiger partial charge in [0.25, 0.3) is 0 Å². The predicted octanol–water partition coefficient (Wildman–Crippen LogP) is 1.57. The van der Waals surface area contributed by atoms with Crippen molar-refractivity contribution in [1.29, 1.82) is 0 Å². The zero-order valence-electron chi connectivity index (χ0n) is 19.1. The molecule has 1 amide bonds. The molecule has 0 radical (unpaired) electrons. The van der Waals surface area contributed by atoms with E-state index in [-0.39, 0.29) is 5.91 Å². The Labute approximate surface area is 192 Å². The molecule has 0 bridgehead atoms. The molecule has 0 saturated carbocycles. The third-order valence-electron chi connectivity index (χ3n) is 5.81. The van der Waals surface area contributed by atoms with Gasteiger partial charge in [-0.2, -0.15) is 0 Å². The molecule has 33 heavy (non-hydrogen) atoms. The van der Waals surface area contributed by atoms with Crippen LogP contribution in [-0.4, -0.2) is 83.4 Å². The van der Waals surface area contributed by atoms with E-state index in [0.717, 1.165) is 29.9 Å². The van der Waals surface area contributed by atoms with E-state index in [1.54, 1.807) is 26.0 Å². The van der Waals surface area contributed by atoms with Gasteiger partial charge in [-0.25, -0.2) is 4.68 Å². The highest BCUT2D eigenvalue weighted by molar-refractivity contribution is 5.79. The van der Waals surface area contributed by atoms with Crippen molar-refractivity contribution in [3.8, 4) is 22.9 Å². The first kappa shape index (κ1) is 22.5. The fraction of sp³-hybridized carbons (Fsp3) is 0.391. The van der Waals surface area contributed by atoms with Crippen LogP contribution in [0.5, 0.6) is 17.2 Å². The second-order valence-corrected chi connectivity index (χ2v) is 7.75. The minimum Gasteiger partial charge on any atom is -0.493 e. The number of hydrogen-bond donors (Lipinski definition) is 0. The molecule has 0 aliphatic carbocycles. The summed E-state index contributed by atoms with van der Waals surface area (Å²) in [5, 5.41) is 11.1. The Morgan fingerprint density at radius 3 is 2.24 bits per heavy atom. The van der Waals surface area contributed by atoms with Crippen LogP contribution in [0, 0.1) is 0 Å². The van der Waals surface area contributed by atoms with Gasteiger partial charge in [0.05, 0.1) is 33.4 Å². The molecule has 0 atom stereocenters. The van der Waals surface area contributed by atoms with Crippen molar-refractivity contribution in [2.75, 3.05) is 47.5 Å². The number of carbonyl (C=O) groups excluding carboxylic acids is 1. The van der Waals surface area contributed by atoms with Crippen LogP contribution >= 0.6 is 0 Å². The van der Waals surface area contributed by atoms with Gasteiger partial charge in [-0.05, 0) is 34.2 Å². The molecule has 1 aliphatic rings. The summed E-state index contributed by atoms with van der Waals surface area (Å²) in [5.41, 5.74) is 2.85. The van der Waals surface area contributed by atoms with Gasteiger partial charge in [0.15, 0.2) is 11.5 Å². The van der Waals surface area contributed by atoms with E-state index < -0.39 is 0 Å². The number of amides is 1. The second-order valence-electron chi connectivity index (χ2n) is 7.75. The molecule has 10 nitrogen and oxygen atoms in total. The Morgan fingerprint density at radius 1 is 0.909 bits per heavy atom. The van der Waals surface area contributed by atoms with Crippen molar-refractivity contribution in [3.63, 3.8) is 0 Å². The molecule has 0 spiro atoms. The number of nitrogens with zero attached hydrogens (tertiary/aromatic N) is 6. The maximum atomic E-state index is 12.8. The first-order chi connectivity index (χ1) is 16.1. The average molecular weight is 453 g/mol. The van der Waals surface area contributed by atoms with E-state index in [9.17, 15) is 4.79 Å². The van der Waals surface area contributed by atoms with Crippen molar-refractivity contribution in [2.24, 2.45) is 0 Å². The van der Waals surface area contributed by atoms with Crippen molar-refractivity contribution in [1.82, 2.24) is 30.0 Å². The minimum atomic E-state index is 0.133. The lowest BCUT2D eigenvalue weighted by Gasteiger charge is -2.35. The van der Waals surface area contributed by atoms with Crippen LogP contribution in [0.25, 0.3) is 5.69 Å². The van der Waals surface area contributed by atoms with Crippen LogP contribution in [0.4, 0.5) is 0 Å². The number of benzene rings is 2. The highest BCUT2D eigenvalue weighted by Gasteiger charge is 2.23. The monoisotopic (exact) mass is 452 g/mol. The number of hydrogen-bond acceptors (Lipinski definition) is 8. The van der Waals surface area contributed by atoms with Crippen molar-refractivity contribution >= 4 is 5.91 Å². The smallest absolute Gasteiger partial charge is 0.227 e. The van der Waals surface area contributed by atoms with Gasteiger partial charge in [0.2, 0.25) is 11.7 Å². The summed E-state index contributed by atoms with van der Waals surface area (Å²) in [5.74, 6) is 2.05. The van der Waals surface area contributed by atoms with Gasteiger partial charge >= 0.3 is 0 Å². The highest BCUT2D eigenvalue weighted by Crippen LogP contribution is 2.40. The summed E-state index contributed by atoms with van der Waals surface area (Å²) in [7, 11) is 4.84. The van der Waals surface area contributed by atoms with Crippen molar-refractivity contribution in [2.45, 2.75) is 13.0 Å². The van der Waals surface area contributed by atoms with E-state index in [4.69, 9.17) is 14.2 Å². The number of rotatable bonds is 8. The number of tetrazole rings is 1. The molecular weight excluding hydrogens is 424 g/mol. The molecule has 1 fully saturated rings. The van der Waals surface area contributed by atoms with Gasteiger partial charge in [0, 0.05) is 38.3 Å². The quantitative estimate of drug-likeness (QED) is 0.508. The SMILES string of the molecule is COc1ccc(CN2CCN(C(=O)Cc3ccc(-n4cnnn4)cc3)CC2)c(OC)c1OC. The third kappa shape index (κ3) is 5.06. The largest absolute Gasteiger partial charge is 0.493 e. The number of methoxy groups -OCH3 is 3. The molecule has 10 heteroatoms. The standard InChI is InChI=1S/C23H28N6O4/c1-31-20-9-6-18(22(32-2)23(20)33-3)15-27-10-12-28(13-11-27)21(30)14-17-4-7-19(8-5-17)29-16-24-25-26-29/h4-9,16H,10-15H2,1-3H3. The number of piperazine rings is 1. The molecule has 2 aromatic carbocycles. The maximum Gasteiger partial charge on any atom is 0.227 e. The molecule has 1 aromatic heterocycles. The molecule has 3 aromatic rings. The van der Waals surface area contributed by atoms with Gasteiger partial charge in [-0.15, -0.1) is 5.10 Å². The number of carbonyl (C=O) groups is 1. The van der Waals surface area contributed by atoms with Crippen LogP contribution in [0.1, 0.15) is 11.1 Å². The Morgan fingerprint density at radius 2 is 1.64 bits per heavy atom. The van der Waals surface area contributed by atoms with Gasteiger partial charge in [0.1, 0.15) is 6.33 Å². The summed E-state index contributed by atoms with van der Waals surface area (Å²) in [4.78, 5) is 17.1. The zero-order valence-corrected chi connectivity index (χ0v) is 19.1. The predicted molar refractivity (Wildman–Crippen MR) is 121 cm³/mol. The molecule has 4 rings (SSSR count). The van der Waals surface area contributed by atoms with E-state index in [1.807, 2.05) is 41.3 Å². The van der Waals surface area contributed by atoms with E-state index in [2.05, 4.69) is 20.4 Å². The van der Waals surface area contributed by atoms with Gasteiger partial charge in [-0.1, -0.05) is 18.2 Å². The van der Waals surface area contributed by atoms with Gasteiger partial charge < -0.3 is 19.1 Å². The van der Waals surface area contributed by atoms with Crippen molar-refractivity contribution < 1.29 is 19.0 Å². The molecular formula is C23H28N6O4. The van der Waals surface area contributed by atoms with Crippen molar-refractivity contribution in [3.05, 3.63) is 53.9 Å². The van der Waals surface area contributed by atoms with Crippen LogP contribution in [0.15, 0.2) is 42.7 Å². The molecule has 2 heterocycles. The lowest BCUT2D eigenvalue weighted by atomic mass is 10.1.